The van der Waals surface area contributed by atoms with Crippen molar-refractivity contribution in [3.8, 4) is 17.2 Å². The van der Waals surface area contributed by atoms with Crippen molar-refractivity contribution in [1.82, 2.24) is 4.90 Å². The topological polar surface area (TPSA) is 51.2 Å². The summed E-state index contributed by atoms with van der Waals surface area (Å²) in [6, 6.07) is 13.7. The van der Waals surface area contributed by atoms with Gasteiger partial charge in [-0.05, 0) is 42.3 Å². The third-order valence-corrected chi connectivity index (χ3v) is 5.08. The molecule has 0 aromatic heterocycles. The van der Waals surface area contributed by atoms with Gasteiger partial charge in [-0.25, -0.2) is 0 Å². The number of piperazine rings is 1. The molecule has 1 heterocycles. The fourth-order valence-corrected chi connectivity index (χ4v) is 3.45. The molecule has 0 N–H and O–H groups in total. The molecular formula is C24H30N2O4. The molecule has 0 atom stereocenters. The highest BCUT2D eigenvalue weighted by molar-refractivity contribution is 5.92. The second kappa shape index (κ2) is 10.6. The van der Waals surface area contributed by atoms with Crippen molar-refractivity contribution < 1.29 is 19.0 Å². The number of methoxy groups -OCH3 is 2. The van der Waals surface area contributed by atoms with Crippen LogP contribution in [-0.4, -0.2) is 57.8 Å². The number of ether oxygens (including phenoxy) is 3. The van der Waals surface area contributed by atoms with Gasteiger partial charge in [0.25, 0.3) is 0 Å². The van der Waals surface area contributed by atoms with Crippen molar-refractivity contribution in [2.24, 2.45) is 0 Å². The van der Waals surface area contributed by atoms with Crippen LogP contribution in [0.3, 0.4) is 0 Å². The van der Waals surface area contributed by atoms with Gasteiger partial charge in [-0.2, -0.15) is 0 Å². The molecule has 2 aromatic rings. The fraction of sp³-hybridized carbons (Fsp3) is 0.375. The van der Waals surface area contributed by atoms with E-state index in [-0.39, 0.29) is 5.91 Å². The van der Waals surface area contributed by atoms with E-state index in [1.807, 2.05) is 47.4 Å². The molecule has 3 rings (SSSR count). The Balaban J connectivity index is 1.58. The standard InChI is InChI=1S/C24H30N2O4/c1-4-17-30-22-11-9-19(18-23(22)29-3)10-12-24(27)26-15-13-25(14-16-26)20-7-5-6-8-21(20)28-2/h5-12,18H,4,13-17H2,1-3H3/b12-10+. The predicted octanol–water partition coefficient (Wildman–Crippen LogP) is 3.85. The SMILES string of the molecule is CCCOc1ccc(/C=C/C(=O)N2CCN(c3ccccc3OC)CC2)cc1OC. The average molecular weight is 411 g/mol. The first-order valence-corrected chi connectivity index (χ1v) is 10.3. The number of benzene rings is 2. The molecule has 1 fully saturated rings. The van der Waals surface area contributed by atoms with Gasteiger partial charge in [0.2, 0.25) is 5.91 Å². The van der Waals surface area contributed by atoms with Gasteiger partial charge in [-0.1, -0.05) is 25.1 Å². The van der Waals surface area contributed by atoms with Crippen LogP contribution in [0.2, 0.25) is 0 Å². The second-order valence-corrected chi connectivity index (χ2v) is 7.08. The third-order valence-electron chi connectivity index (χ3n) is 5.08. The molecule has 1 aliphatic rings. The molecule has 0 bridgehead atoms. The lowest BCUT2D eigenvalue weighted by Crippen LogP contribution is -2.48. The van der Waals surface area contributed by atoms with Crippen molar-refractivity contribution in [3.05, 3.63) is 54.1 Å². The van der Waals surface area contributed by atoms with E-state index in [1.54, 1.807) is 20.3 Å². The van der Waals surface area contributed by atoms with E-state index in [0.29, 0.717) is 25.4 Å². The van der Waals surface area contributed by atoms with E-state index in [4.69, 9.17) is 14.2 Å². The number of carbonyl (C=O) groups is 1. The highest BCUT2D eigenvalue weighted by atomic mass is 16.5. The van der Waals surface area contributed by atoms with E-state index in [0.717, 1.165) is 42.3 Å². The molecular weight excluding hydrogens is 380 g/mol. The highest BCUT2D eigenvalue weighted by Gasteiger charge is 2.21. The van der Waals surface area contributed by atoms with Crippen molar-refractivity contribution in [3.63, 3.8) is 0 Å². The van der Waals surface area contributed by atoms with Crippen LogP contribution in [0.5, 0.6) is 17.2 Å². The summed E-state index contributed by atoms with van der Waals surface area (Å²) in [5.74, 6) is 2.26. The Hall–Kier alpha value is -3.15. The van der Waals surface area contributed by atoms with Crippen LogP contribution in [0.4, 0.5) is 5.69 Å². The van der Waals surface area contributed by atoms with Crippen LogP contribution in [0.15, 0.2) is 48.5 Å². The first-order valence-electron chi connectivity index (χ1n) is 10.3. The maximum atomic E-state index is 12.6. The number of nitrogens with zero attached hydrogens (tertiary/aromatic N) is 2. The Morgan fingerprint density at radius 2 is 1.70 bits per heavy atom. The van der Waals surface area contributed by atoms with Gasteiger partial charge in [-0.15, -0.1) is 0 Å². The van der Waals surface area contributed by atoms with Crippen LogP contribution >= 0.6 is 0 Å². The van der Waals surface area contributed by atoms with E-state index in [9.17, 15) is 4.79 Å². The zero-order valence-electron chi connectivity index (χ0n) is 18.0. The Kier molecular flexibility index (Phi) is 7.60. The minimum Gasteiger partial charge on any atom is -0.495 e. The van der Waals surface area contributed by atoms with E-state index < -0.39 is 0 Å². The average Bonchev–Trinajstić information content (AvgIpc) is 2.81. The smallest absolute Gasteiger partial charge is 0.246 e. The van der Waals surface area contributed by atoms with Crippen LogP contribution in [0.25, 0.3) is 6.08 Å². The van der Waals surface area contributed by atoms with Crippen molar-refractivity contribution in [2.75, 3.05) is 51.9 Å². The molecule has 6 heteroatoms. The Morgan fingerprint density at radius 1 is 0.967 bits per heavy atom. The number of amides is 1. The summed E-state index contributed by atoms with van der Waals surface area (Å²) in [7, 11) is 3.30. The van der Waals surface area contributed by atoms with Crippen LogP contribution in [0.1, 0.15) is 18.9 Å². The van der Waals surface area contributed by atoms with Crippen molar-refractivity contribution in [2.45, 2.75) is 13.3 Å². The molecule has 6 nitrogen and oxygen atoms in total. The van der Waals surface area contributed by atoms with E-state index >= 15 is 0 Å². The zero-order valence-corrected chi connectivity index (χ0v) is 18.0. The van der Waals surface area contributed by atoms with Crippen LogP contribution in [-0.2, 0) is 4.79 Å². The molecule has 0 spiro atoms. The van der Waals surface area contributed by atoms with Crippen molar-refractivity contribution in [1.29, 1.82) is 0 Å². The lowest BCUT2D eigenvalue weighted by Gasteiger charge is -2.36. The molecule has 1 saturated heterocycles. The zero-order chi connectivity index (χ0) is 21.3. The molecule has 0 unspecified atom stereocenters. The monoisotopic (exact) mass is 410 g/mol. The molecule has 2 aromatic carbocycles. The van der Waals surface area contributed by atoms with Gasteiger partial charge in [0, 0.05) is 32.3 Å². The van der Waals surface area contributed by atoms with Gasteiger partial charge in [0.1, 0.15) is 5.75 Å². The summed E-state index contributed by atoms with van der Waals surface area (Å²) in [4.78, 5) is 16.8. The lowest BCUT2D eigenvalue weighted by molar-refractivity contribution is -0.126. The third kappa shape index (κ3) is 5.26. The van der Waals surface area contributed by atoms with E-state index in [2.05, 4.69) is 17.9 Å². The number of para-hydroxylation sites is 2. The van der Waals surface area contributed by atoms with Gasteiger partial charge < -0.3 is 24.0 Å². The van der Waals surface area contributed by atoms with Gasteiger partial charge in [-0.3, -0.25) is 4.79 Å². The molecule has 0 radical (unpaired) electrons. The number of hydrogen-bond acceptors (Lipinski definition) is 5. The largest absolute Gasteiger partial charge is 0.495 e. The summed E-state index contributed by atoms with van der Waals surface area (Å²) in [5, 5.41) is 0. The fourth-order valence-electron chi connectivity index (χ4n) is 3.45. The maximum Gasteiger partial charge on any atom is 0.246 e. The molecule has 1 amide bonds. The first kappa shape index (κ1) is 21.6. The minimum absolute atomic E-state index is 0.0138. The first-order chi connectivity index (χ1) is 14.7. The maximum absolute atomic E-state index is 12.6. The van der Waals surface area contributed by atoms with Gasteiger partial charge in [0.15, 0.2) is 11.5 Å². The number of carbonyl (C=O) groups excluding carboxylic acids is 1. The Morgan fingerprint density at radius 3 is 2.40 bits per heavy atom. The number of rotatable bonds is 8. The summed E-state index contributed by atoms with van der Waals surface area (Å²) in [6.07, 6.45) is 4.38. The highest BCUT2D eigenvalue weighted by Crippen LogP contribution is 2.29. The summed E-state index contributed by atoms with van der Waals surface area (Å²) in [5.41, 5.74) is 1.97. The Labute approximate surface area is 178 Å². The quantitative estimate of drug-likeness (QED) is 0.619. The molecule has 30 heavy (non-hydrogen) atoms. The van der Waals surface area contributed by atoms with Crippen LogP contribution < -0.4 is 19.1 Å². The molecule has 0 aliphatic carbocycles. The summed E-state index contributed by atoms with van der Waals surface area (Å²) >= 11 is 0. The van der Waals surface area contributed by atoms with Crippen molar-refractivity contribution >= 4 is 17.7 Å². The van der Waals surface area contributed by atoms with Gasteiger partial charge >= 0.3 is 0 Å². The molecule has 160 valence electrons. The number of hydrogen-bond donors (Lipinski definition) is 0. The summed E-state index contributed by atoms with van der Waals surface area (Å²) in [6.45, 7) is 5.60. The number of anilines is 1. The minimum atomic E-state index is 0.0138. The van der Waals surface area contributed by atoms with Gasteiger partial charge in [0.05, 0.1) is 26.5 Å². The lowest BCUT2D eigenvalue weighted by atomic mass is 10.1. The van der Waals surface area contributed by atoms with E-state index in [1.165, 1.54) is 0 Å². The molecule has 1 aliphatic heterocycles. The molecule has 0 saturated carbocycles. The normalized spacial score (nSPS) is 14.1. The van der Waals surface area contributed by atoms with Crippen LogP contribution in [0, 0.1) is 0 Å². The summed E-state index contributed by atoms with van der Waals surface area (Å²) < 4.78 is 16.5. The predicted molar refractivity (Wildman–Crippen MR) is 120 cm³/mol. The Bertz CT molecular complexity index is 873. The second-order valence-electron chi connectivity index (χ2n) is 7.08.